The van der Waals surface area contributed by atoms with E-state index in [4.69, 9.17) is 11.6 Å². The van der Waals surface area contributed by atoms with Crippen LogP contribution in [0.3, 0.4) is 0 Å². The predicted octanol–water partition coefficient (Wildman–Crippen LogP) is 3.51. The molecule has 134 valence electrons. The van der Waals surface area contributed by atoms with Crippen LogP contribution in [-0.2, 0) is 13.1 Å². The van der Waals surface area contributed by atoms with E-state index in [2.05, 4.69) is 43.9 Å². The summed E-state index contributed by atoms with van der Waals surface area (Å²) in [7, 11) is 4.08. The van der Waals surface area contributed by atoms with E-state index in [0.29, 0.717) is 0 Å². The monoisotopic (exact) mass is 358 g/mol. The topological polar surface area (TPSA) is 22.6 Å². The lowest BCUT2D eigenvalue weighted by Gasteiger charge is -2.22. The molecule has 2 heterocycles. The van der Waals surface area contributed by atoms with Gasteiger partial charge in [0.2, 0.25) is 0 Å². The SMILES string of the molecule is CN(C)c1ccc(CN2CCCN(Cc3cccnc3)CC2)c(Cl)c1. The van der Waals surface area contributed by atoms with Gasteiger partial charge < -0.3 is 4.90 Å². The molecule has 0 saturated carbocycles. The molecule has 1 aromatic carbocycles. The third kappa shape index (κ3) is 5.18. The second kappa shape index (κ2) is 8.65. The molecule has 0 unspecified atom stereocenters. The molecule has 0 amide bonds. The third-order valence-corrected chi connectivity index (χ3v) is 5.11. The fraction of sp³-hybridized carbons (Fsp3) is 0.450. The highest BCUT2D eigenvalue weighted by molar-refractivity contribution is 6.31. The smallest absolute Gasteiger partial charge is 0.0471 e. The van der Waals surface area contributed by atoms with Gasteiger partial charge in [-0.25, -0.2) is 0 Å². The third-order valence-electron chi connectivity index (χ3n) is 4.76. The Hall–Kier alpha value is -1.62. The predicted molar refractivity (Wildman–Crippen MR) is 105 cm³/mol. The van der Waals surface area contributed by atoms with E-state index in [1.165, 1.54) is 17.5 Å². The van der Waals surface area contributed by atoms with Crippen LogP contribution in [0.15, 0.2) is 42.7 Å². The van der Waals surface area contributed by atoms with Gasteiger partial charge in [0.1, 0.15) is 0 Å². The van der Waals surface area contributed by atoms with Gasteiger partial charge in [-0.05, 0) is 48.8 Å². The molecule has 25 heavy (non-hydrogen) atoms. The highest BCUT2D eigenvalue weighted by Gasteiger charge is 2.16. The van der Waals surface area contributed by atoms with Gasteiger partial charge in [0.05, 0.1) is 0 Å². The molecule has 0 aliphatic carbocycles. The Bertz CT molecular complexity index is 675. The molecule has 1 aliphatic rings. The average molecular weight is 359 g/mol. The highest BCUT2D eigenvalue weighted by Crippen LogP contribution is 2.24. The van der Waals surface area contributed by atoms with E-state index in [1.54, 1.807) is 0 Å². The number of rotatable bonds is 5. The summed E-state index contributed by atoms with van der Waals surface area (Å²) in [6.07, 6.45) is 4.99. The van der Waals surface area contributed by atoms with Crippen LogP contribution in [0, 0.1) is 0 Å². The van der Waals surface area contributed by atoms with Gasteiger partial charge in [0.15, 0.2) is 0 Å². The van der Waals surface area contributed by atoms with Crippen LogP contribution >= 0.6 is 11.6 Å². The number of hydrogen-bond donors (Lipinski definition) is 0. The minimum absolute atomic E-state index is 0.864. The Morgan fingerprint density at radius 1 is 1.04 bits per heavy atom. The van der Waals surface area contributed by atoms with Crippen LogP contribution in [0.25, 0.3) is 0 Å². The second-order valence-corrected chi connectivity index (χ2v) is 7.34. The Balaban J connectivity index is 1.56. The molecule has 1 aromatic heterocycles. The van der Waals surface area contributed by atoms with Crippen molar-refractivity contribution in [2.24, 2.45) is 0 Å². The Morgan fingerprint density at radius 3 is 2.44 bits per heavy atom. The minimum atomic E-state index is 0.864. The van der Waals surface area contributed by atoms with Gasteiger partial charge in [0, 0.05) is 63.4 Å². The molecule has 0 atom stereocenters. The molecule has 0 spiro atoms. The van der Waals surface area contributed by atoms with E-state index in [9.17, 15) is 0 Å². The maximum absolute atomic E-state index is 6.50. The Morgan fingerprint density at radius 2 is 1.80 bits per heavy atom. The molecule has 3 rings (SSSR count). The van der Waals surface area contributed by atoms with Gasteiger partial charge in [-0.3, -0.25) is 14.8 Å². The average Bonchev–Trinajstić information content (AvgIpc) is 2.83. The molecule has 0 radical (unpaired) electrons. The lowest BCUT2D eigenvalue weighted by Crippen LogP contribution is -2.30. The van der Waals surface area contributed by atoms with Gasteiger partial charge in [-0.2, -0.15) is 0 Å². The van der Waals surface area contributed by atoms with Gasteiger partial charge >= 0.3 is 0 Å². The fourth-order valence-corrected chi connectivity index (χ4v) is 3.51. The molecule has 4 nitrogen and oxygen atoms in total. The van der Waals surface area contributed by atoms with Crippen molar-refractivity contribution in [3.63, 3.8) is 0 Å². The summed E-state index contributed by atoms with van der Waals surface area (Å²) in [6, 6.07) is 10.5. The van der Waals surface area contributed by atoms with Crippen molar-refractivity contribution in [1.29, 1.82) is 0 Å². The zero-order valence-corrected chi connectivity index (χ0v) is 15.9. The summed E-state index contributed by atoms with van der Waals surface area (Å²) in [6.45, 7) is 6.33. The minimum Gasteiger partial charge on any atom is -0.378 e. The molecule has 0 N–H and O–H groups in total. The standard InChI is InChI=1S/C20H27ClN4/c1-23(2)19-7-6-18(20(21)13-19)16-25-10-4-9-24(11-12-25)15-17-5-3-8-22-14-17/h3,5-8,13-14H,4,9-12,15-16H2,1-2H3. The van der Waals surface area contributed by atoms with Crippen LogP contribution < -0.4 is 4.90 Å². The molecule has 1 fully saturated rings. The lowest BCUT2D eigenvalue weighted by molar-refractivity contribution is 0.247. The number of nitrogens with zero attached hydrogens (tertiary/aromatic N) is 4. The number of anilines is 1. The summed E-state index contributed by atoms with van der Waals surface area (Å²) < 4.78 is 0. The van der Waals surface area contributed by atoms with Crippen LogP contribution in [0.5, 0.6) is 0 Å². The molecule has 1 aliphatic heterocycles. The van der Waals surface area contributed by atoms with Crippen LogP contribution in [-0.4, -0.2) is 55.1 Å². The Labute approximate surface area is 156 Å². The Kier molecular flexibility index (Phi) is 6.29. The first-order chi connectivity index (χ1) is 12.1. The maximum Gasteiger partial charge on any atom is 0.0471 e. The second-order valence-electron chi connectivity index (χ2n) is 6.94. The van der Waals surface area contributed by atoms with Gasteiger partial charge in [0.25, 0.3) is 0 Å². The van der Waals surface area contributed by atoms with Crippen LogP contribution in [0.2, 0.25) is 5.02 Å². The number of pyridine rings is 1. The van der Waals surface area contributed by atoms with E-state index in [-0.39, 0.29) is 0 Å². The van der Waals surface area contributed by atoms with Gasteiger partial charge in [-0.1, -0.05) is 23.7 Å². The first-order valence-corrected chi connectivity index (χ1v) is 9.29. The lowest BCUT2D eigenvalue weighted by atomic mass is 10.2. The largest absolute Gasteiger partial charge is 0.378 e. The van der Waals surface area contributed by atoms with Crippen molar-refractivity contribution in [2.75, 3.05) is 45.2 Å². The summed E-state index contributed by atoms with van der Waals surface area (Å²) >= 11 is 6.50. The van der Waals surface area contributed by atoms with Crippen LogP contribution in [0.4, 0.5) is 5.69 Å². The van der Waals surface area contributed by atoms with Crippen molar-refractivity contribution < 1.29 is 0 Å². The molecule has 2 aromatic rings. The van der Waals surface area contributed by atoms with Crippen molar-refractivity contribution in [3.05, 3.63) is 58.9 Å². The normalized spacial score (nSPS) is 16.6. The zero-order valence-electron chi connectivity index (χ0n) is 15.2. The van der Waals surface area contributed by atoms with E-state index >= 15 is 0 Å². The number of benzene rings is 1. The molecule has 0 bridgehead atoms. The zero-order chi connectivity index (χ0) is 17.6. The maximum atomic E-state index is 6.50. The summed E-state index contributed by atoms with van der Waals surface area (Å²) in [4.78, 5) is 11.3. The number of halogens is 1. The first-order valence-electron chi connectivity index (χ1n) is 8.91. The van der Waals surface area contributed by atoms with E-state index < -0.39 is 0 Å². The summed E-state index contributed by atoms with van der Waals surface area (Å²) in [5, 5.41) is 0.864. The number of aromatic nitrogens is 1. The van der Waals surface area contributed by atoms with E-state index in [1.807, 2.05) is 32.6 Å². The summed E-state index contributed by atoms with van der Waals surface area (Å²) in [5.74, 6) is 0. The number of hydrogen-bond acceptors (Lipinski definition) is 4. The van der Waals surface area contributed by atoms with Crippen molar-refractivity contribution in [2.45, 2.75) is 19.5 Å². The van der Waals surface area contributed by atoms with E-state index in [0.717, 1.165) is 50.0 Å². The van der Waals surface area contributed by atoms with Crippen molar-refractivity contribution in [1.82, 2.24) is 14.8 Å². The van der Waals surface area contributed by atoms with Gasteiger partial charge in [-0.15, -0.1) is 0 Å². The van der Waals surface area contributed by atoms with Crippen LogP contribution in [0.1, 0.15) is 17.5 Å². The van der Waals surface area contributed by atoms with Crippen molar-refractivity contribution >= 4 is 17.3 Å². The highest BCUT2D eigenvalue weighted by atomic mass is 35.5. The fourth-order valence-electron chi connectivity index (χ4n) is 3.27. The first kappa shape index (κ1) is 18.2. The quantitative estimate of drug-likeness (QED) is 0.815. The molecule has 1 saturated heterocycles. The molecular formula is C20H27ClN4. The molecular weight excluding hydrogens is 332 g/mol. The van der Waals surface area contributed by atoms with Crippen molar-refractivity contribution in [3.8, 4) is 0 Å². The molecule has 5 heteroatoms. The summed E-state index contributed by atoms with van der Waals surface area (Å²) in [5.41, 5.74) is 3.65.